The van der Waals surface area contributed by atoms with E-state index >= 15 is 0 Å². The van der Waals surface area contributed by atoms with Crippen LogP contribution in [0.3, 0.4) is 0 Å². The average Bonchev–Trinajstić information content (AvgIpc) is 2.80. The molecule has 0 bridgehead atoms. The van der Waals surface area contributed by atoms with Crippen molar-refractivity contribution in [1.82, 2.24) is 14.5 Å². The summed E-state index contributed by atoms with van der Waals surface area (Å²) in [6.45, 7) is 2.25. The minimum absolute atomic E-state index is 0.221. The molecule has 0 amide bonds. The Morgan fingerprint density at radius 2 is 2.20 bits per heavy atom. The SMILES string of the molecule is Fc1cccc(-c2cn3c(n2)NC(N2CCC2)C=C3)c1. The molecule has 3 heterocycles. The monoisotopic (exact) mass is 270 g/mol. The summed E-state index contributed by atoms with van der Waals surface area (Å²) >= 11 is 0. The van der Waals surface area contributed by atoms with Gasteiger partial charge in [0.25, 0.3) is 0 Å². The predicted octanol–water partition coefficient (Wildman–Crippen LogP) is 2.62. The molecule has 0 radical (unpaired) electrons. The number of nitrogens with zero attached hydrogens (tertiary/aromatic N) is 3. The van der Waals surface area contributed by atoms with Gasteiger partial charge in [0, 0.05) is 31.0 Å². The first kappa shape index (κ1) is 11.7. The van der Waals surface area contributed by atoms with Gasteiger partial charge < -0.3 is 5.32 Å². The van der Waals surface area contributed by atoms with Gasteiger partial charge in [-0.05, 0) is 24.6 Å². The average molecular weight is 270 g/mol. The van der Waals surface area contributed by atoms with Gasteiger partial charge in [-0.1, -0.05) is 12.1 Å². The first-order chi connectivity index (χ1) is 9.79. The quantitative estimate of drug-likeness (QED) is 0.910. The fraction of sp³-hybridized carbons (Fsp3) is 0.267. The Morgan fingerprint density at radius 1 is 1.30 bits per heavy atom. The van der Waals surface area contributed by atoms with Crippen molar-refractivity contribution in [3.05, 3.63) is 42.4 Å². The van der Waals surface area contributed by atoms with Gasteiger partial charge in [-0.25, -0.2) is 9.37 Å². The molecule has 102 valence electrons. The van der Waals surface area contributed by atoms with Gasteiger partial charge in [-0.3, -0.25) is 9.47 Å². The molecule has 1 saturated heterocycles. The summed E-state index contributed by atoms with van der Waals surface area (Å²) in [5.74, 6) is 0.569. The lowest BCUT2D eigenvalue weighted by Crippen LogP contribution is -2.49. The van der Waals surface area contributed by atoms with Crippen LogP contribution in [0.15, 0.2) is 36.5 Å². The number of likely N-dealkylation sites (tertiary alicyclic amines) is 1. The minimum Gasteiger partial charge on any atom is -0.336 e. The van der Waals surface area contributed by atoms with E-state index in [0.29, 0.717) is 0 Å². The van der Waals surface area contributed by atoms with E-state index in [4.69, 9.17) is 0 Å². The van der Waals surface area contributed by atoms with E-state index in [1.165, 1.54) is 18.6 Å². The molecule has 0 saturated carbocycles. The van der Waals surface area contributed by atoms with E-state index in [1.807, 2.05) is 23.0 Å². The summed E-state index contributed by atoms with van der Waals surface area (Å²) < 4.78 is 15.2. The van der Waals surface area contributed by atoms with E-state index in [2.05, 4.69) is 21.3 Å². The van der Waals surface area contributed by atoms with E-state index in [0.717, 1.165) is 30.3 Å². The van der Waals surface area contributed by atoms with Gasteiger partial charge in [0.1, 0.15) is 12.0 Å². The molecule has 5 heteroatoms. The predicted molar refractivity (Wildman–Crippen MR) is 76.6 cm³/mol. The van der Waals surface area contributed by atoms with Crippen molar-refractivity contribution in [3.8, 4) is 11.3 Å². The smallest absolute Gasteiger partial charge is 0.209 e. The minimum atomic E-state index is -0.240. The molecule has 1 atom stereocenters. The van der Waals surface area contributed by atoms with E-state index < -0.39 is 0 Å². The number of hydrogen-bond donors (Lipinski definition) is 1. The Labute approximate surface area is 116 Å². The van der Waals surface area contributed by atoms with Gasteiger partial charge in [0.2, 0.25) is 5.95 Å². The Balaban J connectivity index is 1.64. The molecule has 2 aromatic rings. The number of nitrogens with one attached hydrogen (secondary N) is 1. The van der Waals surface area contributed by atoms with Crippen LogP contribution in [0.25, 0.3) is 17.5 Å². The topological polar surface area (TPSA) is 33.1 Å². The highest BCUT2D eigenvalue weighted by atomic mass is 19.1. The van der Waals surface area contributed by atoms with Crippen LogP contribution in [0.4, 0.5) is 10.3 Å². The fourth-order valence-electron chi connectivity index (χ4n) is 2.59. The summed E-state index contributed by atoms with van der Waals surface area (Å²) in [6.07, 6.45) is 7.54. The third kappa shape index (κ3) is 1.91. The number of hydrogen-bond acceptors (Lipinski definition) is 3. The van der Waals surface area contributed by atoms with Crippen LogP contribution in [0, 0.1) is 5.82 Å². The van der Waals surface area contributed by atoms with Crippen LogP contribution in [0.1, 0.15) is 6.42 Å². The number of halogens is 1. The molecular formula is C15H15FN4. The summed E-state index contributed by atoms with van der Waals surface area (Å²) in [6, 6.07) is 6.52. The summed E-state index contributed by atoms with van der Waals surface area (Å²) in [7, 11) is 0. The number of fused-ring (bicyclic) bond motifs is 1. The van der Waals surface area contributed by atoms with Crippen molar-refractivity contribution >= 4 is 12.1 Å². The number of benzene rings is 1. The molecule has 1 aromatic heterocycles. The van der Waals surface area contributed by atoms with E-state index in [1.54, 1.807) is 6.07 Å². The van der Waals surface area contributed by atoms with Gasteiger partial charge in [0.15, 0.2) is 0 Å². The fourth-order valence-corrected chi connectivity index (χ4v) is 2.59. The second-order valence-electron chi connectivity index (χ2n) is 5.19. The first-order valence-corrected chi connectivity index (χ1v) is 6.83. The molecule has 1 unspecified atom stereocenters. The Kier molecular flexibility index (Phi) is 2.60. The summed E-state index contributed by atoms with van der Waals surface area (Å²) in [4.78, 5) is 6.92. The molecule has 2 aliphatic rings. The molecule has 1 aromatic carbocycles. The van der Waals surface area contributed by atoms with Crippen LogP contribution in [0.2, 0.25) is 0 Å². The van der Waals surface area contributed by atoms with Crippen molar-refractivity contribution in [2.45, 2.75) is 12.6 Å². The van der Waals surface area contributed by atoms with Gasteiger partial charge in [-0.2, -0.15) is 0 Å². The zero-order valence-corrected chi connectivity index (χ0v) is 11.0. The molecular weight excluding hydrogens is 255 g/mol. The van der Waals surface area contributed by atoms with Crippen LogP contribution < -0.4 is 5.32 Å². The van der Waals surface area contributed by atoms with Crippen molar-refractivity contribution < 1.29 is 4.39 Å². The normalized spacial score (nSPS) is 21.1. The largest absolute Gasteiger partial charge is 0.336 e. The Morgan fingerprint density at radius 3 is 2.95 bits per heavy atom. The molecule has 0 spiro atoms. The third-order valence-corrected chi connectivity index (χ3v) is 3.84. The maximum Gasteiger partial charge on any atom is 0.209 e. The zero-order valence-electron chi connectivity index (χ0n) is 11.0. The van der Waals surface area contributed by atoms with Crippen molar-refractivity contribution in [3.63, 3.8) is 0 Å². The van der Waals surface area contributed by atoms with Gasteiger partial charge >= 0.3 is 0 Å². The molecule has 0 aliphatic carbocycles. The molecule has 2 aliphatic heterocycles. The number of imidazole rings is 1. The summed E-state index contributed by atoms with van der Waals surface area (Å²) in [5.41, 5.74) is 1.57. The lowest BCUT2D eigenvalue weighted by atomic mass is 10.2. The molecule has 1 N–H and O–H groups in total. The standard InChI is InChI=1S/C15H15FN4/c16-12-4-1-3-11(9-12)13-10-20-8-5-14(18-15(20)17-13)19-6-2-7-19/h1,3-5,8-10,14H,2,6-7H2,(H,17,18). The second kappa shape index (κ2) is 4.45. The number of aromatic nitrogens is 2. The van der Waals surface area contributed by atoms with Crippen LogP contribution in [-0.4, -0.2) is 33.7 Å². The molecule has 4 nitrogen and oxygen atoms in total. The van der Waals surface area contributed by atoms with Crippen molar-refractivity contribution in [2.24, 2.45) is 0 Å². The molecule has 20 heavy (non-hydrogen) atoms. The van der Waals surface area contributed by atoms with Crippen LogP contribution >= 0.6 is 0 Å². The summed E-state index contributed by atoms with van der Waals surface area (Å²) in [5, 5.41) is 3.40. The lowest BCUT2D eigenvalue weighted by Gasteiger charge is -2.38. The van der Waals surface area contributed by atoms with Crippen LogP contribution in [0.5, 0.6) is 0 Å². The zero-order chi connectivity index (χ0) is 13.5. The molecule has 1 fully saturated rings. The van der Waals surface area contributed by atoms with Crippen molar-refractivity contribution in [2.75, 3.05) is 18.4 Å². The maximum atomic E-state index is 13.3. The maximum absolute atomic E-state index is 13.3. The highest BCUT2D eigenvalue weighted by Gasteiger charge is 2.25. The Bertz CT molecular complexity index is 672. The first-order valence-electron chi connectivity index (χ1n) is 6.83. The lowest BCUT2D eigenvalue weighted by molar-refractivity contribution is 0.157. The highest BCUT2D eigenvalue weighted by Crippen LogP contribution is 2.26. The third-order valence-electron chi connectivity index (χ3n) is 3.84. The highest BCUT2D eigenvalue weighted by molar-refractivity contribution is 5.63. The molecule has 4 rings (SSSR count). The van der Waals surface area contributed by atoms with Crippen LogP contribution in [-0.2, 0) is 0 Å². The van der Waals surface area contributed by atoms with Gasteiger partial charge in [0.05, 0.1) is 5.69 Å². The van der Waals surface area contributed by atoms with E-state index in [-0.39, 0.29) is 12.0 Å². The van der Waals surface area contributed by atoms with Crippen molar-refractivity contribution in [1.29, 1.82) is 0 Å². The Hall–Kier alpha value is -2.14. The van der Waals surface area contributed by atoms with Gasteiger partial charge in [-0.15, -0.1) is 0 Å². The van der Waals surface area contributed by atoms with E-state index in [9.17, 15) is 4.39 Å². The number of anilines is 1. The number of rotatable bonds is 2. The second-order valence-corrected chi connectivity index (χ2v) is 5.19.